The van der Waals surface area contributed by atoms with Gasteiger partial charge in [0.15, 0.2) is 5.65 Å². The fourth-order valence-electron chi connectivity index (χ4n) is 2.36. The molecule has 0 aliphatic carbocycles. The number of pyridine rings is 1. The summed E-state index contributed by atoms with van der Waals surface area (Å²) in [6, 6.07) is 1.69. The van der Waals surface area contributed by atoms with Crippen LogP contribution >= 0.6 is 0 Å². The number of amides is 2. The number of hydrogen-bond acceptors (Lipinski definition) is 5. The standard InChI is InChI=1S/C14H17N5O3/c1-15-12(20)3-5-22-9-7-19(8-9)14(21)10-2-4-16-13-11(10)6-17-18-13/h2,4,6,9H,3,5,7-8H2,1H3,(H,15,20)(H,16,17,18). The summed E-state index contributed by atoms with van der Waals surface area (Å²) < 4.78 is 5.55. The van der Waals surface area contributed by atoms with Crippen molar-refractivity contribution in [2.45, 2.75) is 12.5 Å². The van der Waals surface area contributed by atoms with E-state index in [2.05, 4.69) is 20.5 Å². The molecule has 0 spiro atoms. The number of nitrogens with zero attached hydrogens (tertiary/aromatic N) is 3. The van der Waals surface area contributed by atoms with E-state index in [1.807, 2.05) is 0 Å². The van der Waals surface area contributed by atoms with E-state index in [0.717, 1.165) is 5.39 Å². The number of nitrogens with one attached hydrogen (secondary N) is 2. The zero-order valence-corrected chi connectivity index (χ0v) is 12.2. The number of aromatic amines is 1. The summed E-state index contributed by atoms with van der Waals surface area (Å²) in [5.74, 6) is -0.105. The van der Waals surface area contributed by atoms with Gasteiger partial charge in [-0.05, 0) is 6.07 Å². The number of likely N-dealkylation sites (tertiary alicyclic amines) is 1. The Bertz CT molecular complexity index is 693. The Balaban J connectivity index is 1.53. The highest BCUT2D eigenvalue weighted by atomic mass is 16.5. The normalized spacial score (nSPS) is 14.9. The van der Waals surface area contributed by atoms with Crippen LogP contribution in [0.5, 0.6) is 0 Å². The molecule has 0 aromatic carbocycles. The first kappa shape index (κ1) is 14.5. The Morgan fingerprint density at radius 2 is 2.32 bits per heavy atom. The lowest BCUT2D eigenvalue weighted by atomic mass is 10.1. The van der Waals surface area contributed by atoms with Gasteiger partial charge in [-0.25, -0.2) is 4.98 Å². The maximum atomic E-state index is 12.4. The van der Waals surface area contributed by atoms with Gasteiger partial charge < -0.3 is 15.0 Å². The topological polar surface area (TPSA) is 100 Å². The van der Waals surface area contributed by atoms with Crippen molar-refractivity contribution in [3.63, 3.8) is 0 Å². The summed E-state index contributed by atoms with van der Waals surface area (Å²) in [5.41, 5.74) is 1.19. The lowest BCUT2D eigenvalue weighted by Gasteiger charge is -2.39. The average molecular weight is 303 g/mol. The summed E-state index contributed by atoms with van der Waals surface area (Å²) in [6.07, 6.45) is 3.52. The second-order valence-corrected chi connectivity index (χ2v) is 5.12. The van der Waals surface area contributed by atoms with Gasteiger partial charge in [0.2, 0.25) is 5.91 Å². The van der Waals surface area contributed by atoms with Crippen LogP contribution in [-0.2, 0) is 9.53 Å². The molecule has 0 saturated carbocycles. The number of ether oxygens (including phenoxy) is 1. The quantitative estimate of drug-likeness (QED) is 0.805. The Morgan fingerprint density at radius 3 is 3.09 bits per heavy atom. The summed E-state index contributed by atoms with van der Waals surface area (Å²) >= 11 is 0. The zero-order valence-electron chi connectivity index (χ0n) is 12.2. The first-order valence-corrected chi connectivity index (χ1v) is 7.08. The second kappa shape index (κ2) is 6.10. The number of aromatic nitrogens is 3. The van der Waals surface area contributed by atoms with E-state index >= 15 is 0 Å². The van der Waals surface area contributed by atoms with Crippen LogP contribution in [0.4, 0.5) is 0 Å². The van der Waals surface area contributed by atoms with Crippen LogP contribution in [0, 0.1) is 0 Å². The van der Waals surface area contributed by atoms with Crippen LogP contribution in [0.15, 0.2) is 18.5 Å². The number of carbonyl (C=O) groups is 2. The molecule has 2 aromatic heterocycles. The number of H-pyrrole nitrogens is 1. The molecule has 22 heavy (non-hydrogen) atoms. The molecule has 3 heterocycles. The molecule has 0 atom stereocenters. The largest absolute Gasteiger partial charge is 0.374 e. The molecule has 0 bridgehead atoms. The van der Waals surface area contributed by atoms with Gasteiger partial charge in [-0.2, -0.15) is 5.10 Å². The molecule has 2 N–H and O–H groups in total. The van der Waals surface area contributed by atoms with Gasteiger partial charge in [0.1, 0.15) is 0 Å². The van der Waals surface area contributed by atoms with Gasteiger partial charge in [-0.15, -0.1) is 0 Å². The van der Waals surface area contributed by atoms with Crippen molar-refractivity contribution in [3.8, 4) is 0 Å². The highest BCUT2D eigenvalue weighted by molar-refractivity contribution is 6.05. The minimum Gasteiger partial charge on any atom is -0.374 e. The van der Waals surface area contributed by atoms with E-state index in [0.29, 0.717) is 37.3 Å². The molecule has 3 rings (SSSR count). The maximum absolute atomic E-state index is 12.4. The minimum atomic E-state index is -0.0556. The molecule has 1 saturated heterocycles. The van der Waals surface area contributed by atoms with E-state index in [1.165, 1.54) is 0 Å². The molecular formula is C14H17N5O3. The molecule has 1 fully saturated rings. The van der Waals surface area contributed by atoms with Gasteiger partial charge in [-0.3, -0.25) is 14.7 Å². The third kappa shape index (κ3) is 2.77. The summed E-state index contributed by atoms with van der Waals surface area (Å²) in [6.45, 7) is 1.44. The predicted octanol–water partition coefficient (Wildman–Crippen LogP) is -0.0650. The number of carbonyl (C=O) groups excluding carboxylic acids is 2. The van der Waals surface area contributed by atoms with Crippen molar-refractivity contribution in [1.82, 2.24) is 25.4 Å². The molecular weight excluding hydrogens is 286 g/mol. The lowest BCUT2D eigenvalue weighted by molar-refractivity contribution is -0.123. The Labute approximate surface area is 126 Å². The van der Waals surface area contributed by atoms with E-state index in [9.17, 15) is 9.59 Å². The van der Waals surface area contributed by atoms with Gasteiger partial charge in [0, 0.05) is 32.8 Å². The molecule has 116 valence electrons. The van der Waals surface area contributed by atoms with Crippen molar-refractivity contribution in [1.29, 1.82) is 0 Å². The fourth-order valence-corrected chi connectivity index (χ4v) is 2.36. The Morgan fingerprint density at radius 1 is 1.50 bits per heavy atom. The van der Waals surface area contributed by atoms with Crippen molar-refractivity contribution < 1.29 is 14.3 Å². The van der Waals surface area contributed by atoms with Gasteiger partial charge >= 0.3 is 0 Å². The van der Waals surface area contributed by atoms with E-state index < -0.39 is 0 Å². The smallest absolute Gasteiger partial charge is 0.254 e. The molecule has 0 radical (unpaired) electrons. The van der Waals surface area contributed by atoms with Crippen molar-refractivity contribution >= 4 is 22.8 Å². The highest BCUT2D eigenvalue weighted by Crippen LogP contribution is 2.20. The van der Waals surface area contributed by atoms with E-state index in [-0.39, 0.29) is 17.9 Å². The highest BCUT2D eigenvalue weighted by Gasteiger charge is 2.32. The Kier molecular flexibility index (Phi) is 4.01. The maximum Gasteiger partial charge on any atom is 0.254 e. The third-order valence-corrected chi connectivity index (χ3v) is 3.68. The number of rotatable bonds is 5. The van der Waals surface area contributed by atoms with Crippen LogP contribution < -0.4 is 5.32 Å². The molecule has 8 heteroatoms. The summed E-state index contributed by atoms with van der Waals surface area (Å²) in [5, 5.41) is 9.91. The first-order valence-electron chi connectivity index (χ1n) is 7.08. The van der Waals surface area contributed by atoms with Crippen molar-refractivity contribution in [2.75, 3.05) is 26.7 Å². The molecule has 8 nitrogen and oxygen atoms in total. The van der Waals surface area contributed by atoms with Crippen LogP contribution in [0.2, 0.25) is 0 Å². The molecule has 1 aliphatic heterocycles. The molecule has 1 aliphatic rings. The van der Waals surface area contributed by atoms with Crippen molar-refractivity contribution in [3.05, 3.63) is 24.0 Å². The SMILES string of the molecule is CNC(=O)CCOC1CN(C(=O)c2ccnc3[nH]ncc23)C1. The molecule has 2 aromatic rings. The predicted molar refractivity (Wildman–Crippen MR) is 78.2 cm³/mol. The van der Waals surface area contributed by atoms with Gasteiger partial charge in [0.05, 0.1) is 29.9 Å². The zero-order chi connectivity index (χ0) is 15.5. The molecule has 0 unspecified atom stereocenters. The van der Waals surface area contributed by atoms with Crippen LogP contribution in [0.25, 0.3) is 11.0 Å². The third-order valence-electron chi connectivity index (χ3n) is 3.68. The lowest BCUT2D eigenvalue weighted by Crippen LogP contribution is -2.55. The summed E-state index contributed by atoms with van der Waals surface area (Å²) in [7, 11) is 1.59. The second-order valence-electron chi connectivity index (χ2n) is 5.12. The first-order chi connectivity index (χ1) is 10.7. The van der Waals surface area contributed by atoms with Crippen LogP contribution in [-0.4, -0.2) is 64.7 Å². The minimum absolute atomic E-state index is 0.00437. The monoisotopic (exact) mass is 303 g/mol. The van der Waals surface area contributed by atoms with Gasteiger partial charge in [-0.1, -0.05) is 0 Å². The van der Waals surface area contributed by atoms with E-state index in [4.69, 9.17) is 4.74 Å². The van der Waals surface area contributed by atoms with E-state index in [1.54, 1.807) is 30.4 Å². The fraction of sp³-hybridized carbons (Fsp3) is 0.429. The van der Waals surface area contributed by atoms with Crippen molar-refractivity contribution in [2.24, 2.45) is 0 Å². The number of fused-ring (bicyclic) bond motifs is 1. The number of hydrogen-bond donors (Lipinski definition) is 2. The van der Waals surface area contributed by atoms with Crippen LogP contribution in [0.3, 0.4) is 0 Å². The average Bonchev–Trinajstić information content (AvgIpc) is 2.96. The summed E-state index contributed by atoms with van der Waals surface area (Å²) in [4.78, 5) is 29.4. The molecule has 2 amide bonds. The van der Waals surface area contributed by atoms with Gasteiger partial charge in [0.25, 0.3) is 5.91 Å². The Hall–Kier alpha value is -2.48. The van der Waals surface area contributed by atoms with Crippen LogP contribution in [0.1, 0.15) is 16.8 Å².